The summed E-state index contributed by atoms with van der Waals surface area (Å²) in [6.45, 7) is 2.19. The highest BCUT2D eigenvalue weighted by atomic mass is 35.5. The topological polar surface area (TPSA) is 73.9 Å². The van der Waals surface area contributed by atoms with Gasteiger partial charge in [0.15, 0.2) is 11.5 Å². The Morgan fingerprint density at radius 2 is 2.10 bits per heavy atom. The summed E-state index contributed by atoms with van der Waals surface area (Å²) in [6, 6.07) is 3.34. The summed E-state index contributed by atoms with van der Waals surface area (Å²) in [5, 5.41) is 3.89. The molecule has 2 aliphatic rings. The highest BCUT2D eigenvalue weighted by molar-refractivity contribution is 7.17. The molecule has 1 atom stereocenters. The highest BCUT2D eigenvalue weighted by Gasteiger charge is 2.29. The van der Waals surface area contributed by atoms with Crippen LogP contribution in [0, 0.1) is 5.92 Å². The molecule has 1 aromatic carbocycles. The minimum Gasteiger partial charge on any atom is -0.493 e. The van der Waals surface area contributed by atoms with Gasteiger partial charge in [-0.3, -0.25) is 4.79 Å². The maximum Gasteiger partial charge on any atom is 0.341 e. The van der Waals surface area contributed by atoms with Gasteiger partial charge >= 0.3 is 5.97 Å². The molecule has 31 heavy (non-hydrogen) atoms. The van der Waals surface area contributed by atoms with E-state index in [-0.39, 0.29) is 5.91 Å². The maximum absolute atomic E-state index is 13.1. The van der Waals surface area contributed by atoms with Crippen molar-refractivity contribution < 1.29 is 23.8 Å². The largest absolute Gasteiger partial charge is 0.493 e. The van der Waals surface area contributed by atoms with Gasteiger partial charge < -0.3 is 19.5 Å². The van der Waals surface area contributed by atoms with Crippen LogP contribution in [0.1, 0.15) is 39.7 Å². The predicted molar refractivity (Wildman–Crippen MR) is 121 cm³/mol. The first-order chi connectivity index (χ1) is 14.9. The van der Waals surface area contributed by atoms with E-state index in [1.165, 1.54) is 31.8 Å². The molecule has 1 N–H and O–H groups in total. The van der Waals surface area contributed by atoms with Crippen molar-refractivity contribution in [3.8, 4) is 11.5 Å². The minimum absolute atomic E-state index is 0.358. The average Bonchev–Trinajstić information content (AvgIpc) is 2.94. The number of carbonyl (C=O) groups excluding carboxylic acids is 2. The average molecular weight is 460 g/mol. The van der Waals surface area contributed by atoms with E-state index >= 15 is 0 Å². The normalized spacial score (nSPS) is 16.9. The van der Waals surface area contributed by atoms with Gasteiger partial charge in [0.2, 0.25) is 0 Å². The molecule has 0 saturated carbocycles. The number of halogens is 1. The number of benzene rings is 1. The smallest absolute Gasteiger partial charge is 0.341 e. The molecule has 0 spiro atoms. The van der Waals surface area contributed by atoms with E-state index in [0.29, 0.717) is 44.1 Å². The fourth-order valence-electron chi connectivity index (χ4n) is 3.84. The SMILES string of the molecule is COC(=O)c1c(NC(=O)C2=Cc3cc(Cl)cc(OC)c3OC=C2)sc2c1CCC(C)C2. The zero-order valence-electron chi connectivity index (χ0n) is 17.4. The van der Waals surface area contributed by atoms with Crippen molar-refractivity contribution >= 4 is 45.9 Å². The van der Waals surface area contributed by atoms with Crippen molar-refractivity contribution in [2.75, 3.05) is 19.5 Å². The van der Waals surface area contributed by atoms with Gasteiger partial charge in [0.05, 0.1) is 26.0 Å². The van der Waals surface area contributed by atoms with Gasteiger partial charge in [-0.2, -0.15) is 0 Å². The van der Waals surface area contributed by atoms with E-state index < -0.39 is 5.97 Å². The summed E-state index contributed by atoms with van der Waals surface area (Å²) >= 11 is 7.62. The third kappa shape index (κ3) is 4.20. The molecule has 1 aromatic heterocycles. The monoisotopic (exact) mass is 459 g/mol. The van der Waals surface area contributed by atoms with Crippen molar-refractivity contribution in [1.29, 1.82) is 0 Å². The highest BCUT2D eigenvalue weighted by Crippen LogP contribution is 2.41. The Bertz CT molecular complexity index is 1120. The van der Waals surface area contributed by atoms with Crippen molar-refractivity contribution in [3.05, 3.63) is 56.6 Å². The first-order valence-electron chi connectivity index (χ1n) is 9.88. The number of fused-ring (bicyclic) bond motifs is 2. The first kappa shape index (κ1) is 21.5. The number of amides is 1. The number of nitrogens with one attached hydrogen (secondary N) is 1. The molecule has 0 radical (unpaired) electrons. The number of hydrogen-bond donors (Lipinski definition) is 1. The second-order valence-electron chi connectivity index (χ2n) is 7.55. The van der Waals surface area contributed by atoms with Gasteiger partial charge in [0.1, 0.15) is 5.00 Å². The lowest BCUT2D eigenvalue weighted by molar-refractivity contribution is -0.112. The Kier molecular flexibility index (Phi) is 6.07. The number of carbonyl (C=O) groups is 2. The van der Waals surface area contributed by atoms with Crippen LogP contribution in [-0.2, 0) is 22.4 Å². The number of methoxy groups -OCH3 is 2. The van der Waals surface area contributed by atoms with Crippen LogP contribution < -0.4 is 14.8 Å². The zero-order valence-corrected chi connectivity index (χ0v) is 19.0. The summed E-state index contributed by atoms with van der Waals surface area (Å²) in [6.07, 6.45) is 7.37. The Balaban J connectivity index is 1.69. The third-order valence-electron chi connectivity index (χ3n) is 5.40. The molecule has 2 aromatic rings. The van der Waals surface area contributed by atoms with Gasteiger partial charge in [-0.25, -0.2) is 4.79 Å². The van der Waals surface area contributed by atoms with E-state index in [9.17, 15) is 9.59 Å². The lowest BCUT2D eigenvalue weighted by Gasteiger charge is -2.18. The molecule has 0 saturated heterocycles. The predicted octanol–water partition coefficient (Wildman–Crippen LogP) is 5.25. The van der Waals surface area contributed by atoms with Crippen LogP contribution in [0.4, 0.5) is 5.00 Å². The summed E-state index contributed by atoms with van der Waals surface area (Å²) in [5.74, 6) is 0.697. The summed E-state index contributed by atoms with van der Waals surface area (Å²) in [5.41, 5.74) is 2.42. The molecular formula is C23H22ClNO5S. The molecule has 162 valence electrons. The summed E-state index contributed by atoms with van der Waals surface area (Å²) < 4.78 is 16.0. The summed E-state index contributed by atoms with van der Waals surface area (Å²) in [7, 11) is 2.88. The van der Waals surface area contributed by atoms with Crippen LogP contribution in [0.2, 0.25) is 5.02 Å². The molecule has 1 aliphatic carbocycles. The molecular weight excluding hydrogens is 438 g/mol. The van der Waals surface area contributed by atoms with Gasteiger partial charge in [-0.1, -0.05) is 18.5 Å². The molecule has 1 amide bonds. The fraction of sp³-hybridized carbons (Fsp3) is 0.304. The van der Waals surface area contributed by atoms with E-state index in [1.54, 1.807) is 24.3 Å². The second kappa shape index (κ2) is 8.77. The second-order valence-corrected chi connectivity index (χ2v) is 9.09. The van der Waals surface area contributed by atoms with E-state index in [2.05, 4.69) is 12.2 Å². The fourth-order valence-corrected chi connectivity index (χ4v) is 5.45. The van der Waals surface area contributed by atoms with Crippen LogP contribution in [-0.4, -0.2) is 26.1 Å². The minimum atomic E-state index is -0.432. The van der Waals surface area contributed by atoms with Crippen LogP contribution in [0.3, 0.4) is 0 Å². The Morgan fingerprint density at radius 1 is 1.29 bits per heavy atom. The number of rotatable bonds is 4. The van der Waals surface area contributed by atoms with Gasteiger partial charge in [0, 0.05) is 27.1 Å². The molecule has 1 aliphatic heterocycles. The Hall–Kier alpha value is -2.77. The van der Waals surface area contributed by atoms with Crippen molar-refractivity contribution in [1.82, 2.24) is 0 Å². The van der Waals surface area contributed by atoms with Crippen LogP contribution in [0.15, 0.2) is 30.0 Å². The quantitative estimate of drug-likeness (QED) is 0.632. The van der Waals surface area contributed by atoms with Crippen LogP contribution in [0.5, 0.6) is 11.5 Å². The molecule has 0 bridgehead atoms. The van der Waals surface area contributed by atoms with Crippen LogP contribution in [0.25, 0.3) is 6.08 Å². The zero-order chi connectivity index (χ0) is 22.1. The van der Waals surface area contributed by atoms with Gasteiger partial charge in [-0.15, -0.1) is 11.3 Å². The van der Waals surface area contributed by atoms with E-state index in [1.807, 2.05) is 0 Å². The third-order valence-corrected chi connectivity index (χ3v) is 6.79. The Morgan fingerprint density at radius 3 is 2.84 bits per heavy atom. The Labute approximate surface area is 189 Å². The number of hydrogen-bond acceptors (Lipinski definition) is 6. The lowest BCUT2D eigenvalue weighted by atomic mass is 9.88. The summed E-state index contributed by atoms with van der Waals surface area (Å²) in [4.78, 5) is 26.7. The first-order valence-corrected chi connectivity index (χ1v) is 11.1. The van der Waals surface area contributed by atoms with Crippen molar-refractivity contribution in [3.63, 3.8) is 0 Å². The number of ether oxygens (including phenoxy) is 3. The molecule has 8 heteroatoms. The van der Waals surface area contributed by atoms with Gasteiger partial charge in [-0.05, 0) is 49.0 Å². The molecule has 2 heterocycles. The van der Waals surface area contributed by atoms with Crippen molar-refractivity contribution in [2.45, 2.75) is 26.2 Å². The molecule has 0 fully saturated rings. The standard InChI is InChI=1S/C23H22ClNO5S/c1-12-4-5-16-18(8-12)31-22(19(16)23(27)29-3)25-21(26)13-6-7-30-20-14(9-13)10-15(24)11-17(20)28-2/h6-7,9-12H,4-5,8H2,1-3H3,(H,25,26). The van der Waals surface area contributed by atoms with E-state index in [4.69, 9.17) is 25.8 Å². The number of anilines is 1. The van der Waals surface area contributed by atoms with Crippen LogP contribution >= 0.6 is 22.9 Å². The van der Waals surface area contributed by atoms with Gasteiger partial charge in [0.25, 0.3) is 5.91 Å². The number of esters is 1. The lowest BCUT2D eigenvalue weighted by Crippen LogP contribution is -2.16. The molecule has 4 rings (SSSR count). The molecule has 6 nitrogen and oxygen atoms in total. The molecule has 1 unspecified atom stereocenters. The van der Waals surface area contributed by atoms with E-state index in [0.717, 1.165) is 29.7 Å². The maximum atomic E-state index is 13.1. The number of thiophene rings is 1. The van der Waals surface area contributed by atoms with Crippen molar-refractivity contribution in [2.24, 2.45) is 5.92 Å².